The molecule has 0 aromatic rings. The van der Waals surface area contributed by atoms with E-state index in [2.05, 4.69) is 6.58 Å². The van der Waals surface area contributed by atoms with Crippen LogP contribution < -0.4 is 5.32 Å². The summed E-state index contributed by atoms with van der Waals surface area (Å²) >= 11 is 0. The molecule has 0 aromatic heterocycles. The Kier molecular flexibility index (Phi) is 7.12. The van der Waals surface area contributed by atoms with Gasteiger partial charge in [0.1, 0.15) is 6.61 Å². The Balaban J connectivity index is 3.76. The van der Waals surface area contributed by atoms with Crippen LogP contribution in [0.2, 0.25) is 0 Å². The summed E-state index contributed by atoms with van der Waals surface area (Å²) in [5.74, 6) is -0.796. The molecule has 0 amide bonds. The van der Waals surface area contributed by atoms with Crippen molar-refractivity contribution in [3.63, 3.8) is 0 Å². The average molecular weight is 279 g/mol. The predicted octanol–water partition coefficient (Wildman–Crippen LogP) is -0.759. The van der Waals surface area contributed by atoms with Crippen LogP contribution in [0.3, 0.4) is 0 Å². The fourth-order valence-electron chi connectivity index (χ4n) is 1.28. The number of esters is 1. The second-order valence-corrected chi connectivity index (χ2v) is 6.40. The number of ether oxygens (including phenoxy) is 1. The molecular weight excluding hydrogens is 258 g/mol. The maximum absolute atomic E-state index is 10.9. The molecule has 0 aliphatic rings. The van der Waals surface area contributed by atoms with Crippen molar-refractivity contribution in [2.45, 2.75) is 20.3 Å². The zero-order chi connectivity index (χ0) is 14.2. The zero-order valence-corrected chi connectivity index (χ0v) is 11.7. The van der Waals surface area contributed by atoms with Gasteiger partial charge in [0.2, 0.25) is 0 Å². The lowest BCUT2D eigenvalue weighted by Crippen LogP contribution is -2.87. The van der Waals surface area contributed by atoms with E-state index < -0.39 is 16.1 Å². The van der Waals surface area contributed by atoms with Gasteiger partial charge in [-0.1, -0.05) is 20.4 Å². The van der Waals surface area contributed by atoms with E-state index in [1.807, 2.05) is 19.2 Å². The molecule has 7 heteroatoms. The lowest BCUT2D eigenvalue weighted by Gasteiger charge is -2.21. The number of quaternary nitrogens is 1. The van der Waals surface area contributed by atoms with Crippen LogP contribution in [-0.2, 0) is 19.6 Å². The van der Waals surface area contributed by atoms with Gasteiger partial charge in [0.05, 0.1) is 23.2 Å². The molecule has 0 aliphatic heterocycles. The van der Waals surface area contributed by atoms with Crippen molar-refractivity contribution in [2.24, 2.45) is 5.41 Å². The number of carbonyl (C=O) groups excluding carboxylic acids is 1. The molecule has 6 nitrogen and oxygen atoms in total. The van der Waals surface area contributed by atoms with Crippen LogP contribution in [0, 0.1) is 5.41 Å². The van der Waals surface area contributed by atoms with E-state index in [4.69, 9.17) is 4.74 Å². The molecule has 106 valence electrons. The molecule has 0 fully saturated rings. The first-order valence-electron chi connectivity index (χ1n) is 5.71. The van der Waals surface area contributed by atoms with Crippen molar-refractivity contribution in [1.29, 1.82) is 0 Å². The topological polar surface area (TPSA) is 100 Å². The summed E-state index contributed by atoms with van der Waals surface area (Å²) in [6, 6.07) is 0. The summed E-state index contributed by atoms with van der Waals surface area (Å²) in [5, 5.41) is 1.91. The van der Waals surface area contributed by atoms with E-state index in [9.17, 15) is 17.8 Å². The van der Waals surface area contributed by atoms with Gasteiger partial charge in [-0.2, -0.15) is 0 Å². The highest BCUT2D eigenvalue weighted by Crippen LogP contribution is 2.12. The Hall–Kier alpha value is -0.920. The van der Waals surface area contributed by atoms with Gasteiger partial charge in [-0.05, 0) is 0 Å². The number of carbonyl (C=O) groups is 1. The lowest BCUT2D eigenvalue weighted by atomic mass is 9.95. The molecule has 0 heterocycles. The molecule has 0 unspecified atom stereocenters. The van der Waals surface area contributed by atoms with Gasteiger partial charge in [0.25, 0.3) is 0 Å². The van der Waals surface area contributed by atoms with Crippen LogP contribution in [0.5, 0.6) is 0 Å². The summed E-state index contributed by atoms with van der Waals surface area (Å²) < 4.78 is 36.0. The van der Waals surface area contributed by atoms with Gasteiger partial charge < -0.3 is 14.6 Å². The van der Waals surface area contributed by atoms with Crippen molar-refractivity contribution in [3.8, 4) is 0 Å². The first-order chi connectivity index (χ1) is 8.16. The van der Waals surface area contributed by atoms with Crippen molar-refractivity contribution < 1.29 is 27.8 Å². The Bertz CT molecular complexity index is 375. The van der Waals surface area contributed by atoms with Crippen molar-refractivity contribution in [2.75, 3.05) is 25.4 Å². The smallest absolute Gasteiger partial charge is 0.330 e. The third kappa shape index (κ3) is 10.2. The Labute approximate surface area is 108 Å². The van der Waals surface area contributed by atoms with Crippen LogP contribution in [0.25, 0.3) is 0 Å². The van der Waals surface area contributed by atoms with E-state index in [1.165, 1.54) is 0 Å². The minimum Gasteiger partial charge on any atom is -0.748 e. The molecule has 0 saturated carbocycles. The summed E-state index contributed by atoms with van der Waals surface area (Å²) in [6.45, 7) is 8.68. The first-order valence-corrected chi connectivity index (χ1v) is 7.28. The molecule has 18 heavy (non-hydrogen) atoms. The second-order valence-electron chi connectivity index (χ2n) is 4.87. The fourth-order valence-corrected chi connectivity index (χ4v) is 1.80. The molecule has 0 rings (SSSR count). The van der Waals surface area contributed by atoms with Crippen LogP contribution in [0.4, 0.5) is 0 Å². The van der Waals surface area contributed by atoms with Gasteiger partial charge >= 0.3 is 5.97 Å². The average Bonchev–Trinajstić information content (AvgIpc) is 2.24. The third-order valence-corrected chi connectivity index (χ3v) is 3.06. The first kappa shape index (κ1) is 17.1. The highest BCUT2D eigenvalue weighted by atomic mass is 32.2. The van der Waals surface area contributed by atoms with E-state index in [1.54, 1.807) is 0 Å². The summed E-state index contributed by atoms with van der Waals surface area (Å²) in [5.41, 5.74) is -0.213. The van der Waals surface area contributed by atoms with E-state index in [0.29, 0.717) is 19.5 Å². The predicted molar refractivity (Wildman–Crippen MR) is 65.8 cm³/mol. The van der Waals surface area contributed by atoms with Crippen LogP contribution in [0.15, 0.2) is 12.7 Å². The van der Waals surface area contributed by atoms with Crippen LogP contribution in [-0.4, -0.2) is 44.4 Å². The molecule has 2 N–H and O–H groups in total. The standard InChI is InChI=1S/C11H21NO5S/c1-4-10(13)17-9-11(2,3)8-12-6-5-7-18(14,15)16/h4,12H,1,5-9H2,2-3H3,(H,14,15,16). The highest BCUT2D eigenvalue weighted by molar-refractivity contribution is 7.85. The normalized spacial score (nSPS) is 12.2. The Morgan fingerprint density at radius 1 is 1.50 bits per heavy atom. The van der Waals surface area contributed by atoms with Gasteiger partial charge in [-0.15, -0.1) is 0 Å². The third-order valence-electron chi connectivity index (χ3n) is 2.27. The van der Waals surface area contributed by atoms with Crippen molar-refractivity contribution in [1.82, 2.24) is 0 Å². The fraction of sp³-hybridized carbons (Fsp3) is 0.727. The SMILES string of the molecule is C=CC(=O)OCC(C)(C)C[NH2+]CCCS(=O)(=O)[O-]. The van der Waals surface area contributed by atoms with Crippen molar-refractivity contribution >= 4 is 16.1 Å². The number of hydrogen-bond acceptors (Lipinski definition) is 5. The van der Waals surface area contributed by atoms with Gasteiger partial charge in [0.15, 0.2) is 0 Å². The van der Waals surface area contributed by atoms with Gasteiger partial charge in [0, 0.05) is 23.7 Å². The Morgan fingerprint density at radius 3 is 2.61 bits per heavy atom. The molecule has 0 spiro atoms. The summed E-state index contributed by atoms with van der Waals surface area (Å²) in [4.78, 5) is 10.9. The molecule has 0 radical (unpaired) electrons. The molecule has 0 saturated heterocycles. The monoisotopic (exact) mass is 279 g/mol. The molecule has 0 bridgehead atoms. The van der Waals surface area contributed by atoms with E-state index in [-0.39, 0.29) is 17.8 Å². The van der Waals surface area contributed by atoms with E-state index in [0.717, 1.165) is 6.08 Å². The Morgan fingerprint density at radius 2 is 2.11 bits per heavy atom. The maximum Gasteiger partial charge on any atom is 0.330 e. The number of nitrogens with two attached hydrogens (primary N) is 1. The maximum atomic E-state index is 10.9. The largest absolute Gasteiger partial charge is 0.748 e. The number of hydrogen-bond donors (Lipinski definition) is 1. The molecule has 0 atom stereocenters. The van der Waals surface area contributed by atoms with Crippen LogP contribution in [0.1, 0.15) is 20.3 Å². The van der Waals surface area contributed by atoms with E-state index >= 15 is 0 Å². The minimum atomic E-state index is -4.12. The molecular formula is C11H21NO5S. The van der Waals surface area contributed by atoms with Gasteiger partial charge in [-0.3, -0.25) is 0 Å². The molecule has 0 aliphatic carbocycles. The highest BCUT2D eigenvalue weighted by Gasteiger charge is 2.21. The molecule has 0 aromatic carbocycles. The summed E-state index contributed by atoms with van der Waals surface area (Å²) in [7, 11) is -4.12. The summed E-state index contributed by atoms with van der Waals surface area (Å²) in [6.07, 6.45) is 1.44. The van der Waals surface area contributed by atoms with Crippen LogP contribution >= 0.6 is 0 Å². The second kappa shape index (κ2) is 7.50. The van der Waals surface area contributed by atoms with Gasteiger partial charge in [-0.25, -0.2) is 13.2 Å². The minimum absolute atomic E-state index is 0.213. The van der Waals surface area contributed by atoms with Crippen molar-refractivity contribution in [3.05, 3.63) is 12.7 Å². The number of rotatable bonds is 9. The quantitative estimate of drug-likeness (QED) is 0.259. The lowest BCUT2D eigenvalue weighted by molar-refractivity contribution is -0.665. The zero-order valence-electron chi connectivity index (χ0n) is 10.8.